The third-order valence-corrected chi connectivity index (χ3v) is 2.85. The van der Waals surface area contributed by atoms with Crippen molar-refractivity contribution in [3.05, 3.63) is 65.0 Å². The van der Waals surface area contributed by atoms with Gasteiger partial charge >= 0.3 is 6.18 Å². The highest BCUT2D eigenvalue weighted by molar-refractivity contribution is 6.04. The third kappa shape index (κ3) is 3.23. The highest BCUT2D eigenvalue weighted by Crippen LogP contribution is 2.29. The smallest absolute Gasteiger partial charge is 0.321 e. The van der Waals surface area contributed by atoms with E-state index in [1.807, 2.05) is 0 Å². The minimum Gasteiger partial charge on any atom is -0.321 e. The molecule has 1 N–H and O–H groups in total. The van der Waals surface area contributed by atoms with Crippen molar-refractivity contribution in [3.8, 4) is 6.07 Å². The molecule has 0 aliphatic carbocycles. The average molecular weight is 308 g/mol. The van der Waals surface area contributed by atoms with Crippen LogP contribution in [0, 0.1) is 17.1 Å². The van der Waals surface area contributed by atoms with Crippen LogP contribution in [0.3, 0.4) is 0 Å². The molecule has 0 saturated carbocycles. The topological polar surface area (TPSA) is 52.9 Å². The Labute approximate surface area is 122 Å². The van der Waals surface area contributed by atoms with E-state index in [1.165, 1.54) is 12.1 Å². The molecule has 1 amide bonds. The molecule has 2 rings (SSSR count). The number of hydrogen-bond acceptors (Lipinski definition) is 2. The molecule has 2 aromatic rings. The minimum atomic E-state index is -4.49. The summed E-state index contributed by atoms with van der Waals surface area (Å²) in [7, 11) is 0. The number of anilines is 1. The summed E-state index contributed by atoms with van der Waals surface area (Å²) in [5, 5.41) is 11.1. The van der Waals surface area contributed by atoms with Gasteiger partial charge in [0, 0.05) is 5.56 Å². The number of carbonyl (C=O) groups excluding carboxylic acids is 1. The number of halogens is 4. The molecule has 0 heterocycles. The Morgan fingerprint density at radius 3 is 2.27 bits per heavy atom. The lowest BCUT2D eigenvalue weighted by Gasteiger charge is -2.09. The summed E-state index contributed by atoms with van der Waals surface area (Å²) in [6.07, 6.45) is -4.49. The van der Waals surface area contributed by atoms with Gasteiger partial charge in [-0.15, -0.1) is 0 Å². The second-order valence-corrected chi connectivity index (χ2v) is 4.30. The van der Waals surface area contributed by atoms with E-state index >= 15 is 0 Å². The molecule has 112 valence electrons. The maximum atomic E-state index is 13.4. The van der Waals surface area contributed by atoms with Gasteiger partial charge < -0.3 is 5.32 Å². The molecule has 0 aliphatic heterocycles. The summed E-state index contributed by atoms with van der Waals surface area (Å²) in [5.74, 6) is -1.54. The number of benzene rings is 2. The van der Waals surface area contributed by atoms with Gasteiger partial charge in [-0.3, -0.25) is 4.79 Å². The van der Waals surface area contributed by atoms with Crippen molar-refractivity contribution in [3.63, 3.8) is 0 Å². The molecule has 0 atom stereocenters. The molecule has 7 heteroatoms. The molecule has 0 fully saturated rings. The highest BCUT2D eigenvalue weighted by Gasteiger charge is 2.30. The second-order valence-electron chi connectivity index (χ2n) is 4.30. The normalized spacial score (nSPS) is 10.9. The number of hydrogen-bond donors (Lipinski definition) is 1. The summed E-state index contributed by atoms with van der Waals surface area (Å²) in [6, 6.07) is 8.85. The Hall–Kier alpha value is -2.88. The zero-order valence-corrected chi connectivity index (χ0v) is 10.9. The van der Waals surface area contributed by atoms with E-state index in [9.17, 15) is 22.4 Å². The second kappa shape index (κ2) is 5.85. The van der Waals surface area contributed by atoms with Gasteiger partial charge in [-0.2, -0.15) is 18.4 Å². The molecular weight excluding hydrogens is 300 g/mol. The number of alkyl halides is 3. The molecule has 0 aliphatic rings. The van der Waals surface area contributed by atoms with Crippen molar-refractivity contribution in [1.29, 1.82) is 5.26 Å². The van der Waals surface area contributed by atoms with Gasteiger partial charge in [0.15, 0.2) is 0 Å². The van der Waals surface area contributed by atoms with Crippen LogP contribution in [0.15, 0.2) is 42.5 Å². The zero-order valence-electron chi connectivity index (χ0n) is 10.9. The fourth-order valence-corrected chi connectivity index (χ4v) is 1.75. The van der Waals surface area contributed by atoms with Gasteiger partial charge in [-0.25, -0.2) is 4.39 Å². The van der Waals surface area contributed by atoms with Gasteiger partial charge in [-0.05, 0) is 36.4 Å². The van der Waals surface area contributed by atoms with Gasteiger partial charge in [0.1, 0.15) is 17.4 Å². The van der Waals surface area contributed by atoms with Crippen molar-refractivity contribution in [2.45, 2.75) is 6.18 Å². The summed E-state index contributed by atoms with van der Waals surface area (Å²) in [4.78, 5) is 11.9. The lowest BCUT2D eigenvalue weighted by Crippen LogP contribution is -2.14. The van der Waals surface area contributed by atoms with Gasteiger partial charge in [0.25, 0.3) is 5.91 Å². The van der Waals surface area contributed by atoms with Crippen LogP contribution in [-0.4, -0.2) is 5.91 Å². The molecule has 0 spiro atoms. The molecule has 0 unspecified atom stereocenters. The van der Waals surface area contributed by atoms with Gasteiger partial charge in [-0.1, -0.05) is 6.07 Å². The minimum absolute atomic E-state index is 0.0406. The Bertz CT molecular complexity index is 746. The molecule has 22 heavy (non-hydrogen) atoms. The first-order valence-electron chi connectivity index (χ1n) is 6.00. The number of carbonyl (C=O) groups is 1. The first-order chi connectivity index (χ1) is 10.3. The van der Waals surface area contributed by atoms with Crippen LogP contribution in [0.1, 0.15) is 21.5 Å². The Balaban J connectivity index is 2.24. The average Bonchev–Trinajstić information content (AvgIpc) is 2.47. The molecule has 0 aromatic heterocycles. The number of nitrogens with zero attached hydrogens (tertiary/aromatic N) is 1. The highest BCUT2D eigenvalue weighted by atomic mass is 19.4. The predicted octanol–water partition coefficient (Wildman–Crippen LogP) is 3.97. The summed E-state index contributed by atoms with van der Waals surface area (Å²) < 4.78 is 50.7. The van der Waals surface area contributed by atoms with E-state index in [4.69, 9.17) is 5.26 Å². The molecule has 3 nitrogen and oxygen atoms in total. The summed E-state index contributed by atoms with van der Waals surface area (Å²) >= 11 is 0. The van der Waals surface area contributed by atoms with Crippen LogP contribution in [0.25, 0.3) is 0 Å². The van der Waals surface area contributed by atoms with Crippen LogP contribution in [0.5, 0.6) is 0 Å². The quantitative estimate of drug-likeness (QED) is 0.854. The van der Waals surface area contributed by atoms with Crippen LogP contribution in [0.4, 0.5) is 23.2 Å². The molecule has 0 bridgehead atoms. The molecule has 0 radical (unpaired) electrons. The maximum Gasteiger partial charge on any atom is 0.416 e. The van der Waals surface area contributed by atoms with Crippen molar-refractivity contribution in [1.82, 2.24) is 0 Å². The monoisotopic (exact) mass is 308 g/mol. The van der Waals surface area contributed by atoms with E-state index in [0.29, 0.717) is 0 Å². The summed E-state index contributed by atoms with van der Waals surface area (Å²) in [5.41, 5.74) is -1.32. The fraction of sp³-hybridized carbons (Fsp3) is 0.0667. The number of nitrogens with one attached hydrogen (secondary N) is 1. The Kier molecular flexibility index (Phi) is 4.13. The largest absolute Gasteiger partial charge is 0.416 e. The third-order valence-electron chi connectivity index (χ3n) is 2.85. The van der Waals surface area contributed by atoms with Crippen molar-refractivity contribution in [2.24, 2.45) is 0 Å². The Morgan fingerprint density at radius 2 is 1.73 bits per heavy atom. The number of rotatable bonds is 2. The van der Waals surface area contributed by atoms with Gasteiger partial charge in [0.2, 0.25) is 0 Å². The molecule has 0 saturated heterocycles. The van der Waals surface area contributed by atoms with E-state index in [1.54, 1.807) is 6.07 Å². The zero-order chi connectivity index (χ0) is 16.3. The summed E-state index contributed by atoms with van der Waals surface area (Å²) in [6.45, 7) is 0. The number of nitriles is 1. The van der Waals surface area contributed by atoms with Crippen LogP contribution < -0.4 is 5.32 Å². The van der Waals surface area contributed by atoms with Crippen LogP contribution in [0.2, 0.25) is 0 Å². The lowest BCUT2D eigenvalue weighted by molar-refractivity contribution is -0.137. The van der Waals surface area contributed by atoms with E-state index in [0.717, 1.165) is 30.3 Å². The first-order valence-corrected chi connectivity index (χ1v) is 6.00. The van der Waals surface area contributed by atoms with E-state index < -0.39 is 23.5 Å². The maximum absolute atomic E-state index is 13.4. The fourth-order valence-electron chi connectivity index (χ4n) is 1.75. The van der Waals surface area contributed by atoms with Gasteiger partial charge in [0.05, 0.1) is 11.3 Å². The standard InChI is InChI=1S/C15H8F4N2O/c16-12-2-1-3-13(11(12)8-20)21-14(22)9-4-6-10(7-5-9)15(17,18)19/h1-7H,(H,21,22). The molecular formula is C15H8F4N2O. The van der Waals surface area contributed by atoms with Crippen molar-refractivity contribution >= 4 is 11.6 Å². The SMILES string of the molecule is N#Cc1c(F)cccc1NC(=O)c1ccc(C(F)(F)F)cc1. The predicted molar refractivity (Wildman–Crippen MR) is 70.5 cm³/mol. The van der Waals surface area contributed by atoms with E-state index in [-0.39, 0.29) is 16.8 Å². The Morgan fingerprint density at radius 1 is 1.09 bits per heavy atom. The number of amides is 1. The lowest BCUT2D eigenvalue weighted by atomic mass is 10.1. The van der Waals surface area contributed by atoms with Crippen LogP contribution >= 0.6 is 0 Å². The molecule has 2 aromatic carbocycles. The first kappa shape index (κ1) is 15.5. The van der Waals surface area contributed by atoms with Crippen LogP contribution in [-0.2, 0) is 6.18 Å². The van der Waals surface area contributed by atoms with Crippen molar-refractivity contribution < 1.29 is 22.4 Å². The van der Waals surface area contributed by atoms with E-state index in [2.05, 4.69) is 5.32 Å². The van der Waals surface area contributed by atoms with Crippen molar-refractivity contribution in [2.75, 3.05) is 5.32 Å².